The zero-order valence-electron chi connectivity index (χ0n) is 18.1. The smallest absolute Gasteiger partial charge is 0.421 e. The van der Waals surface area contributed by atoms with Crippen LogP contribution in [0.25, 0.3) is 0 Å². The van der Waals surface area contributed by atoms with E-state index in [0.717, 1.165) is 18.2 Å². The van der Waals surface area contributed by atoms with Crippen molar-refractivity contribution in [1.29, 1.82) is 0 Å². The fourth-order valence-electron chi connectivity index (χ4n) is 3.28. The largest absolute Gasteiger partial charge is 0.456 e. The van der Waals surface area contributed by atoms with Crippen molar-refractivity contribution in [3.8, 4) is 23.0 Å². The van der Waals surface area contributed by atoms with Gasteiger partial charge in [-0.3, -0.25) is 0 Å². The van der Waals surface area contributed by atoms with Crippen molar-refractivity contribution in [3.63, 3.8) is 0 Å². The quantitative estimate of drug-likeness (QED) is 0.246. The number of hydrogen-bond donors (Lipinski definition) is 2. The number of halogens is 12. The van der Waals surface area contributed by atoms with E-state index in [0.29, 0.717) is 18.2 Å². The molecule has 0 unspecified atom stereocenters. The van der Waals surface area contributed by atoms with Crippen molar-refractivity contribution in [2.24, 2.45) is 0 Å². The summed E-state index contributed by atoms with van der Waals surface area (Å²) in [5.74, 6) is -5.32. The van der Waals surface area contributed by atoms with E-state index in [2.05, 4.69) is 0 Å². The summed E-state index contributed by atoms with van der Waals surface area (Å²) in [6.07, 6.45) is -21.6. The minimum absolute atomic E-state index is 0.207. The molecule has 4 N–H and O–H groups in total. The van der Waals surface area contributed by atoms with Crippen molar-refractivity contribution in [1.82, 2.24) is 0 Å². The topological polar surface area (TPSA) is 70.5 Å². The first-order valence-corrected chi connectivity index (χ1v) is 9.80. The predicted octanol–water partition coefficient (Wildman–Crippen LogP) is 8.51. The molecule has 0 fully saturated rings. The number of alkyl halides is 12. The van der Waals surface area contributed by atoms with Crippen LogP contribution in [0.3, 0.4) is 0 Å². The Hall–Kier alpha value is -3.98. The average molecular weight is 564 g/mol. The maximum atomic E-state index is 13.5. The van der Waals surface area contributed by atoms with Crippen molar-refractivity contribution < 1.29 is 62.2 Å². The Balaban J connectivity index is 2.16. The summed E-state index contributed by atoms with van der Waals surface area (Å²) >= 11 is 0. The number of nitrogen functional groups attached to an aromatic ring is 2. The Morgan fingerprint density at radius 2 is 0.816 bits per heavy atom. The molecule has 0 aliphatic heterocycles. The molecule has 0 aliphatic rings. The van der Waals surface area contributed by atoms with Gasteiger partial charge in [0.25, 0.3) is 0 Å². The first kappa shape index (κ1) is 28.6. The number of ether oxygens (including phenoxy) is 2. The lowest BCUT2D eigenvalue weighted by Gasteiger charge is -2.22. The molecular weight excluding hydrogens is 552 g/mol. The van der Waals surface area contributed by atoms with E-state index in [1.54, 1.807) is 0 Å². The van der Waals surface area contributed by atoms with Gasteiger partial charge in [-0.05, 0) is 36.4 Å². The summed E-state index contributed by atoms with van der Waals surface area (Å²) in [6, 6.07) is 3.98. The van der Waals surface area contributed by atoms with E-state index in [-0.39, 0.29) is 12.1 Å². The fourth-order valence-corrected chi connectivity index (χ4v) is 3.28. The highest BCUT2D eigenvalue weighted by Crippen LogP contribution is 2.50. The lowest BCUT2D eigenvalue weighted by molar-refractivity contribution is -0.146. The Labute approximate surface area is 204 Å². The van der Waals surface area contributed by atoms with Crippen molar-refractivity contribution in [3.05, 3.63) is 70.8 Å². The van der Waals surface area contributed by atoms with Gasteiger partial charge < -0.3 is 20.9 Å². The van der Waals surface area contributed by atoms with Crippen LogP contribution in [0.1, 0.15) is 22.3 Å². The summed E-state index contributed by atoms with van der Waals surface area (Å²) < 4.78 is 171. The first-order valence-electron chi connectivity index (χ1n) is 9.80. The van der Waals surface area contributed by atoms with E-state index in [1.807, 2.05) is 0 Å². The third kappa shape index (κ3) is 5.94. The molecule has 3 aromatic rings. The number of anilines is 2. The molecule has 0 saturated carbocycles. The molecule has 206 valence electrons. The third-order valence-corrected chi connectivity index (χ3v) is 4.80. The van der Waals surface area contributed by atoms with Crippen LogP contribution < -0.4 is 20.9 Å². The molecule has 0 aliphatic carbocycles. The summed E-state index contributed by atoms with van der Waals surface area (Å²) in [4.78, 5) is 0. The van der Waals surface area contributed by atoms with Crippen LogP contribution in [-0.4, -0.2) is 0 Å². The average Bonchev–Trinajstić information content (AvgIpc) is 2.70. The third-order valence-electron chi connectivity index (χ3n) is 4.80. The maximum Gasteiger partial charge on any atom is 0.421 e. The molecule has 38 heavy (non-hydrogen) atoms. The van der Waals surface area contributed by atoms with E-state index in [9.17, 15) is 52.7 Å². The van der Waals surface area contributed by atoms with Gasteiger partial charge in [0.2, 0.25) is 0 Å². The summed E-state index contributed by atoms with van der Waals surface area (Å²) in [6.45, 7) is 0. The normalized spacial score (nSPS) is 12.9. The number of rotatable bonds is 4. The molecule has 3 rings (SSSR count). The van der Waals surface area contributed by atoms with Gasteiger partial charge in [0, 0.05) is 17.4 Å². The lowest BCUT2D eigenvalue weighted by atomic mass is 10.1. The number of benzene rings is 3. The second-order valence-corrected chi connectivity index (χ2v) is 7.48. The van der Waals surface area contributed by atoms with Crippen molar-refractivity contribution in [2.75, 3.05) is 11.5 Å². The Morgan fingerprint density at radius 3 is 1.11 bits per heavy atom. The molecular formula is C22H12F12N2O2. The highest BCUT2D eigenvalue weighted by molar-refractivity contribution is 5.62. The van der Waals surface area contributed by atoms with E-state index in [4.69, 9.17) is 20.9 Å². The molecule has 0 bridgehead atoms. The van der Waals surface area contributed by atoms with Crippen molar-refractivity contribution in [2.45, 2.75) is 24.7 Å². The van der Waals surface area contributed by atoms with Gasteiger partial charge in [0.05, 0.1) is 11.1 Å². The van der Waals surface area contributed by atoms with E-state index in [1.165, 1.54) is 0 Å². The Bertz CT molecular complexity index is 1240. The summed E-state index contributed by atoms with van der Waals surface area (Å²) in [5, 5.41) is 0. The van der Waals surface area contributed by atoms with E-state index < -0.39 is 81.3 Å². The van der Waals surface area contributed by atoms with Gasteiger partial charge >= 0.3 is 24.7 Å². The maximum absolute atomic E-state index is 13.5. The first-order chi connectivity index (χ1) is 17.2. The fraction of sp³-hybridized carbons (Fsp3) is 0.182. The molecule has 3 aromatic carbocycles. The second-order valence-electron chi connectivity index (χ2n) is 7.48. The molecule has 16 heteroatoms. The van der Waals surface area contributed by atoms with E-state index >= 15 is 0 Å². The summed E-state index contributed by atoms with van der Waals surface area (Å²) in [7, 11) is 0. The molecule has 4 nitrogen and oxygen atoms in total. The minimum Gasteiger partial charge on any atom is -0.456 e. The predicted molar refractivity (Wildman–Crippen MR) is 108 cm³/mol. The number of hydrogen-bond acceptors (Lipinski definition) is 4. The molecule has 0 atom stereocenters. The van der Waals surface area contributed by atoms with Crippen LogP contribution >= 0.6 is 0 Å². The number of nitrogens with two attached hydrogens (primary N) is 2. The lowest BCUT2D eigenvalue weighted by Crippen LogP contribution is -2.16. The highest BCUT2D eigenvalue weighted by atomic mass is 19.4. The van der Waals surface area contributed by atoms with Crippen LogP contribution in [-0.2, 0) is 24.7 Å². The standard InChI is InChI=1S/C22H12F12N2O2/c23-19(24,25)11-4-6-13(35)15(21(29,30)31)17(11)37-9-2-1-3-10(8-9)38-18-12(20(26,27)28)5-7-14(36)16(18)22(32,33)34/h1-8H,35-36H2. The zero-order chi connectivity index (χ0) is 28.8. The molecule has 0 heterocycles. The monoisotopic (exact) mass is 564 g/mol. The van der Waals surface area contributed by atoms with Gasteiger partial charge in [-0.15, -0.1) is 0 Å². The van der Waals surface area contributed by atoms with Crippen molar-refractivity contribution >= 4 is 11.4 Å². The van der Waals surface area contributed by atoms with Crippen LogP contribution in [0, 0.1) is 0 Å². The Kier molecular flexibility index (Phi) is 7.07. The zero-order valence-corrected chi connectivity index (χ0v) is 18.1. The van der Waals surface area contributed by atoms with Gasteiger partial charge in [-0.25, -0.2) is 0 Å². The molecule has 0 amide bonds. The van der Waals surface area contributed by atoms with Crippen LogP contribution in [0.5, 0.6) is 23.0 Å². The van der Waals surface area contributed by atoms with Gasteiger partial charge in [-0.1, -0.05) is 6.07 Å². The van der Waals surface area contributed by atoms with Gasteiger partial charge in [0.1, 0.15) is 22.6 Å². The minimum atomic E-state index is -5.44. The van der Waals surface area contributed by atoms with Crippen LogP contribution in [0.15, 0.2) is 48.5 Å². The van der Waals surface area contributed by atoms with Gasteiger partial charge in [0.15, 0.2) is 11.5 Å². The highest BCUT2D eigenvalue weighted by Gasteiger charge is 2.45. The van der Waals surface area contributed by atoms with Crippen LogP contribution in [0.2, 0.25) is 0 Å². The Morgan fingerprint density at radius 1 is 0.474 bits per heavy atom. The molecule has 0 aromatic heterocycles. The summed E-state index contributed by atoms with van der Waals surface area (Å²) in [5.41, 5.74) is 0.334. The van der Waals surface area contributed by atoms with Crippen LogP contribution in [0.4, 0.5) is 64.1 Å². The molecule has 0 saturated heterocycles. The SMILES string of the molecule is Nc1ccc(C(F)(F)F)c(Oc2cccc(Oc3c(C(F)(F)F)ccc(N)c3C(F)(F)F)c2)c1C(F)(F)F. The second kappa shape index (κ2) is 9.40. The molecule has 0 radical (unpaired) electrons. The molecule has 0 spiro atoms. The van der Waals surface area contributed by atoms with Gasteiger partial charge in [-0.2, -0.15) is 52.7 Å².